The maximum absolute atomic E-state index is 14.6. The Labute approximate surface area is 106 Å². The molecule has 0 aromatic carbocycles. The standard InChI is InChI=1S/C13H14BFN2O/c1-10-2-3-11(8-17-10)12(18)13(15)4-6-14(9-16)7-5-13/h2-3,8H,4-7H2,1H3. The lowest BCUT2D eigenvalue weighted by atomic mass is 9.41. The van der Waals surface area contributed by atoms with Crippen LogP contribution in [0, 0.1) is 18.2 Å². The van der Waals surface area contributed by atoms with Crippen LogP contribution >= 0.6 is 0 Å². The lowest BCUT2D eigenvalue weighted by Gasteiger charge is -2.28. The summed E-state index contributed by atoms with van der Waals surface area (Å²) in [5, 5.41) is 8.78. The third-order valence-corrected chi connectivity index (χ3v) is 3.54. The van der Waals surface area contributed by atoms with Crippen molar-refractivity contribution in [1.29, 1.82) is 5.26 Å². The molecule has 1 aromatic heterocycles. The van der Waals surface area contributed by atoms with Crippen molar-refractivity contribution in [2.45, 2.75) is 38.1 Å². The number of hydrogen-bond donors (Lipinski definition) is 0. The van der Waals surface area contributed by atoms with E-state index in [-0.39, 0.29) is 19.6 Å². The second-order valence-corrected chi connectivity index (χ2v) is 4.89. The highest BCUT2D eigenvalue weighted by molar-refractivity contribution is 6.67. The zero-order chi connectivity index (χ0) is 13.2. The second kappa shape index (κ2) is 4.89. The summed E-state index contributed by atoms with van der Waals surface area (Å²) in [4.78, 5) is 16.1. The first-order valence-electron chi connectivity index (χ1n) is 6.11. The lowest BCUT2D eigenvalue weighted by molar-refractivity contribution is 0.0649. The van der Waals surface area contributed by atoms with Gasteiger partial charge in [-0.25, -0.2) is 9.65 Å². The molecule has 2 heterocycles. The van der Waals surface area contributed by atoms with Crippen molar-refractivity contribution in [3.8, 4) is 5.97 Å². The molecule has 0 amide bonds. The number of alkyl halides is 1. The Balaban J connectivity index is 2.14. The third-order valence-electron chi connectivity index (χ3n) is 3.54. The Morgan fingerprint density at radius 2 is 2.17 bits per heavy atom. The van der Waals surface area contributed by atoms with E-state index in [2.05, 4.69) is 11.0 Å². The summed E-state index contributed by atoms with van der Waals surface area (Å²) >= 11 is 0. The van der Waals surface area contributed by atoms with E-state index in [0.717, 1.165) is 5.69 Å². The van der Waals surface area contributed by atoms with Crippen molar-refractivity contribution in [2.75, 3.05) is 0 Å². The van der Waals surface area contributed by atoms with Gasteiger partial charge < -0.3 is 0 Å². The fourth-order valence-corrected chi connectivity index (χ4v) is 2.29. The number of aryl methyl sites for hydroxylation is 1. The van der Waals surface area contributed by atoms with Crippen LogP contribution in [0.25, 0.3) is 0 Å². The molecule has 0 bridgehead atoms. The number of carbonyl (C=O) groups excluding carboxylic acids is 1. The maximum atomic E-state index is 14.6. The minimum absolute atomic E-state index is 0.113. The molecule has 92 valence electrons. The van der Waals surface area contributed by atoms with Gasteiger partial charge in [0, 0.05) is 23.4 Å². The molecule has 1 fully saturated rings. The van der Waals surface area contributed by atoms with Crippen LogP contribution in [0.2, 0.25) is 12.6 Å². The predicted molar refractivity (Wildman–Crippen MR) is 67.4 cm³/mol. The molecule has 1 saturated heterocycles. The molecule has 1 aliphatic rings. The molecule has 0 unspecified atom stereocenters. The van der Waals surface area contributed by atoms with Crippen LogP contribution in [-0.2, 0) is 0 Å². The first-order chi connectivity index (χ1) is 8.55. The highest BCUT2D eigenvalue weighted by atomic mass is 19.1. The SMILES string of the molecule is Cc1ccc(C(=O)C2(F)CCB(C#N)CC2)cn1. The van der Waals surface area contributed by atoms with E-state index >= 15 is 0 Å². The Morgan fingerprint density at radius 3 is 2.67 bits per heavy atom. The van der Waals surface area contributed by atoms with E-state index in [9.17, 15) is 9.18 Å². The quantitative estimate of drug-likeness (QED) is 0.593. The van der Waals surface area contributed by atoms with Crippen LogP contribution in [-0.4, -0.2) is 23.1 Å². The predicted octanol–water partition coefficient (Wildman–Crippen LogP) is 2.63. The van der Waals surface area contributed by atoms with Crippen LogP contribution in [0.4, 0.5) is 4.39 Å². The Hall–Kier alpha value is -1.70. The number of rotatable bonds is 2. The molecule has 1 aliphatic heterocycles. The fraction of sp³-hybridized carbons (Fsp3) is 0.462. The van der Waals surface area contributed by atoms with Gasteiger partial charge in [0.1, 0.15) is 0 Å². The monoisotopic (exact) mass is 244 g/mol. The number of Topliss-reactive ketones (excluding diaryl/α,β-unsaturated/α-hetero) is 1. The number of nitriles is 1. The minimum atomic E-state index is -1.82. The van der Waals surface area contributed by atoms with Crippen molar-refractivity contribution in [1.82, 2.24) is 4.98 Å². The number of halogens is 1. The van der Waals surface area contributed by atoms with Gasteiger partial charge in [-0.2, -0.15) is 0 Å². The second-order valence-electron chi connectivity index (χ2n) is 4.89. The first kappa shape index (κ1) is 12.8. The average Bonchev–Trinajstić information content (AvgIpc) is 2.40. The van der Waals surface area contributed by atoms with Crippen LogP contribution in [0.5, 0.6) is 0 Å². The highest BCUT2D eigenvalue weighted by Gasteiger charge is 2.43. The molecule has 0 N–H and O–H groups in total. The van der Waals surface area contributed by atoms with E-state index in [4.69, 9.17) is 5.26 Å². The minimum Gasteiger partial charge on any atom is -0.290 e. The Bertz CT molecular complexity index is 487. The molecule has 0 radical (unpaired) electrons. The van der Waals surface area contributed by atoms with Crippen LogP contribution in [0.1, 0.15) is 28.9 Å². The van der Waals surface area contributed by atoms with Gasteiger partial charge in [0.15, 0.2) is 5.67 Å². The van der Waals surface area contributed by atoms with Crippen molar-refractivity contribution < 1.29 is 9.18 Å². The van der Waals surface area contributed by atoms with E-state index in [1.165, 1.54) is 6.20 Å². The summed E-state index contributed by atoms with van der Waals surface area (Å²) < 4.78 is 14.6. The van der Waals surface area contributed by atoms with E-state index in [1.54, 1.807) is 12.1 Å². The number of aromatic nitrogens is 1. The molecule has 5 heteroatoms. The van der Waals surface area contributed by atoms with E-state index in [0.29, 0.717) is 18.2 Å². The van der Waals surface area contributed by atoms with Gasteiger partial charge in [0.05, 0.1) is 0 Å². The number of pyridine rings is 1. The summed E-state index contributed by atoms with van der Waals surface area (Å²) in [6, 6.07) is 3.32. The van der Waals surface area contributed by atoms with Crippen LogP contribution in [0.3, 0.4) is 0 Å². The van der Waals surface area contributed by atoms with Crippen LogP contribution in [0.15, 0.2) is 18.3 Å². The summed E-state index contributed by atoms with van der Waals surface area (Å²) in [6.07, 6.45) is 2.61. The van der Waals surface area contributed by atoms with Gasteiger partial charge >= 0.3 is 0 Å². The largest absolute Gasteiger partial charge is 0.290 e. The molecule has 1 aromatic rings. The average molecular weight is 244 g/mol. The van der Waals surface area contributed by atoms with E-state index in [1.807, 2.05) is 6.92 Å². The Morgan fingerprint density at radius 1 is 1.50 bits per heavy atom. The molecule has 2 rings (SSSR count). The first-order valence-corrected chi connectivity index (χ1v) is 6.11. The maximum Gasteiger partial charge on any atom is 0.268 e. The smallest absolute Gasteiger partial charge is 0.268 e. The Kier molecular flexibility index (Phi) is 3.47. The lowest BCUT2D eigenvalue weighted by Crippen LogP contribution is -2.39. The van der Waals surface area contributed by atoms with E-state index < -0.39 is 11.5 Å². The zero-order valence-electron chi connectivity index (χ0n) is 10.3. The topological polar surface area (TPSA) is 53.8 Å². The van der Waals surface area contributed by atoms with Gasteiger partial charge in [-0.1, -0.05) is 12.6 Å². The van der Waals surface area contributed by atoms with Gasteiger partial charge in [-0.15, -0.1) is 0 Å². The van der Waals surface area contributed by atoms with Crippen LogP contribution < -0.4 is 0 Å². The number of nitrogens with zero attached hydrogens (tertiary/aromatic N) is 2. The third kappa shape index (κ3) is 2.43. The van der Waals surface area contributed by atoms with Gasteiger partial charge in [0.25, 0.3) is 6.71 Å². The van der Waals surface area contributed by atoms with Gasteiger partial charge in [-0.3, -0.25) is 9.78 Å². The fourth-order valence-electron chi connectivity index (χ4n) is 2.29. The molecule has 0 atom stereocenters. The van der Waals surface area contributed by atoms with Gasteiger partial charge in [0.2, 0.25) is 5.78 Å². The molecule has 0 saturated carbocycles. The van der Waals surface area contributed by atoms with Crippen molar-refractivity contribution in [2.24, 2.45) is 0 Å². The molecular formula is C13H14BFN2O. The number of hydrogen-bond acceptors (Lipinski definition) is 3. The molecular weight excluding hydrogens is 230 g/mol. The summed E-state index contributed by atoms with van der Waals surface area (Å²) in [6.45, 7) is 1.70. The molecule has 0 spiro atoms. The summed E-state index contributed by atoms with van der Waals surface area (Å²) in [5.74, 6) is 1.64. The number of carbonyl (C=O) groups is 1. The molecule has 18 heavy (non-hydrogen) atoms. The van der Waals surface area contributed by atoms with Crippen molar-refractivity contribution >= 4 is 12.5 Å². The summed E-state index contributed by atoms with van der Waals surface area (Å²) in [5.41, 5.74) is -0.698. The van der Waals surface area contributed by atoms with Gasteiger partial charge in [-0.05, 0) is 31.9 Å². The summed E-state index contributed by atoms with van der Waals surface area (Å²) in [7, 11) is 0. The molecule has 3 nitrogen and oxygen atoms in total. The zero-order valence-corrected chi connectivity index (χ0v) is 10.3. The molecule has 0 aliphatic carbocycles. The number of ketones is 1. The normalized spacial score (nSPS) is 18.2. The highest BCUT2D eigenvalue weighted by Crippen LogP contribution is 2.35. The van der Waals surface area contributed by atoms with Crippen molar-refractivity contribution in [3.05, 3.63) is 29.6 Å². The van der Waals surface area contributed by atoms with Crippen molar-refractivity contribution in [3.63, 3.8) is 0 Å².